The highest BCUT2D eigenvalue weighted by atomic mass is 16.5. The van der Waals surface area contributed by atoms with Gasteiger partial charge in [0.2, 0.25) is 5.91 Å². The molecule has 3 rings (SSSR count). The molecule has 1 fully saturated rings. The molecule has 3 amide bonds. The average Bonchev–Trinajstić information content (AvgIpc) is 2.72. The molecule has 1 aromatic rings. The Morgan fingerprint density at radius 1 is 1.26 bits per heavy atom. The number of piperidine rings is 1. The van der Waals surface area contributed by atoms with Crippen molar-refractivity contribution in [3.63, 3.8) is 0 Å². The van der Waals surface area contributed by atoms with Crippen molar-refractivity contribution < 1.29 is 19.1 Å². The molecule has 0 aromatic heterocycles. The van der Waals surface area contributed by atoms with Crippen molar-refractivity contribution in [3.8, 4) is 5.75 Å². The molecule has 6 heteroatoms. The highest BCUT2D eigenvalue weighted by molar-refractivity contribution is 6.24. The number of allylic oxidation sites excluding steroid dienone is 1. The molecule has 0 aliphatic carbocycles. The van der Waals surface area contributed by atoms with E-state index in [9.17, 15) is 14.4 Å². The van der Waals surface area contributed by atoms with Gasteiger partial charge in [-0.15, -0.1) is 0 Å². The van der Waals surface area contributed by atoms with Crippen LogP contribution in [-0.2, 0) is 4.79 Å². The zero-order chi connectivity index (χ0) is 16.7. The lowest BCUT2D eigenvalue weighted by atomic mass is 10.0. The van der Waals surface area contributed by atoms with Crippen molar-refractivity contribution >= 4 is 17.7 Å². The molecule has 120 valence electrons. The largest absolute Gasteiger partial charge is 0.490 e. The Morgan fingerprint density at radius 2 is 2.00 bits per heavy atom. The third-order valence-corrected chi connectivity index (χ3v) is 3.90. The Bertz CT molecular complexity index is 723. The van der Waals surface area contributed by atoms with Crippen LogP contribution in [0.1, 0.15) is 47.4 Å². The first-order valence-corrected chi connectivity index (χ1v) is 7.56. The molecular weight excluding hydrogens is 296 g/mol. The van der Waals surface area contributed by atoms with Crippen LogP contribution < -0.4 is 10.1 Å². The molecule has 0 radical (unpaired) electrons. The Labute approximate surface area is 134 Å². The molecule has 0 bridgehead atoms. The summed E-state index contributed by atoms with van der Waals surface area (Å²) in [7, 11) is 0. The van der Waals surface area contributed by atoms with Gasteiger partial charge in [0.1, 0.15) is 11.8 Å². The molecule has 1 atom stereocenters. The second-order valence-electron chi connectivity index (χ2n) is 5.97. The van der Waals surface area contributed by atoms with Gasteiger partial charge in [-0.3, -0.25) is 19.3 Å². The zero-order valence-electron chi connectivity index (χ0n) is 13.1. The van der Waals surface area contributed by atoms with Crippen LogP contribution in [0.15, 0.2) is 30.5 Å². The quantitative estimate of drug-likeness (QED) is 0.864. The first kappa shape index (κ1) is 15.3. The van der Waals surface area contributed by atoms with Gasteiger partial charge < -0.3 is 10.1 Å². The Morgan fingerprint density at radius 3 is 2.65 bits per heavy atom. The number of hydrogen-bond donors (Lipinski definition) is 1. The van der Waals surface area contributed by atoms with Gasteiger partial charge in [-0.05, 0) is 38.8 Å². The lowest BCUT2D eigenvalue weighted by Crippen LogP contribution is -2.51. The highest BCUT2D eigenvalue weighted by Gasteiger charge is 2.45. The van der Waals surface area contributed by atoms with Crippen molar-refractivity contribution in [1.29, 1.82) is 0 Å². The number of ether oxygens (including phenoxy) is 1. The van der Waals surface area contributed by atoms with Gasteiger partial charge in [0.15, 0.2) is 0 Å². The fourth-order valence-electron chi connectivity index (χ4n) is 2.92. The average molecular weight is 314 g/mol. The molecule has 2 aliphatic rings. The van der Waals surface area contributed by atoms with Crippen molar-refractivity contribution in [2.75, 3.05) is 0 Å². The number of fused-ring (bicyclic) bond motifs is 1. The Kier molecular flexibility index (Phi) is 3.67. The Hall–Kier alpha value is -2.63. The van der Waals surface area contributed by atoms with Crippen LogP contribution in [0.5, 0.6) is 5.75 Å². The monoisotopic (exact) mass is 314 g/mol. The van der Waals surface area contributed by atoms with Crippen LogP contribution in [0.4, 0.5) is 0 Å². The lowest BCUT2D eigenvalue weighted by molar-refractivity contribution is -0.125. The maximum absolute atomic E-state index is 12.8. The number of carbonyl (C=O) groups is 3. The summed E-state index contributed by atoms with van der Waals surface area (Å²) < 4.78 is 5.64. The summed E-state index contributed by atoms with van der Waals surface area (Å²) in [6.45, 7) is 7.40. The van der Waals surface area contributed by atoms with Crippen molar-refractivity contribution in [3.05, 3.63) is 41.6 Å². The molecule has 2 aliphatic heterocycles. The van der Waals surface area contributed by atoms with Crippen molar-refractivity contribution in [2.24, 2.45) is 0 Å². The van der Waals surface area contributed by atoms with E-state index in [1.54, 1.807) is 18.2 Å². The molecule has 1 N–H and O–H groups in total. The summed E-state index contributed by atoms with van der Waals surface area (Å²) in [5, 5.41) is 2.61. The van der Waals surface area contributed by atoms with Crippen molar-refractivity contribution in [2.45, 2.75) is 38.8 Å². The third-order valence-electron chi connectivity index (χ3n) is 3.90. The summed E-state index contributed by atoms with van der Waals surface area (Å²) in [5.74, 6) is -0.929. The van der Waals surface area contributed by atoms with Gasteiger partial charge in [-0.25, -0.2) is 0 Å². The first-order valence-electron chi connectivity index (χ1n) is 7.56. The molecule has 0 unspecified atom stereocenters. The van der Waals surface area contributed by atoms with E-state index in [1.165, 1.54) is 0 Å². The molecule has 0 saturated carbocycles. The summed E-state index contributed by atoms with van der Waals surface area (Å²) in [6.07, 6.45) is 0.801. The van der Waals surface area contributed by atoms with E-state index in [4.69, 9.17) is 4.74 Å². The molecule has 2 heterocycles. The van der Waals surface area contributed by atoms with Gasteiger partial charge in [-0.1, -0.05) is 12.6 Å². The second kappa shape index (κ2) is 5.53. The number of hydrogen-bond acceptors (Lipinski definition) is 4. The van der Waals surface area contributed by atoms with E-state index in [0.29, 0.717) is 24.3 Å². The summed E-state index contributed by atoms with van der Waals surface area (Å²) >= 11 is 0. The van der Waals surface area contributed by atoms with Crippen molar-refractivity contribution in [1.82, 2.24) is 10.2 Å². The predicted octanol–water partition coefficient (Wildman–Crippen LogP) is 1.86. The number of amides is 3. The van der Waals surface area contributed by atoms with Crippen LogP contribution in [0.2, 0.25) is 0 Å². The minimum Gasteiger partial charge on any atom is -0.490 e. The number of imide groups is 1. The number of nitrogens with one attached hydrogen (secondary N) is 1. The molecule has 1 saturated heterocycles. The Balaban J connectivity index is 1.98. The van der Waals surface area contributed by atoms with E-state index in [0.717, 1.165) is 4.90 Å². The topological polar surface area (TPSA) is 75.7 Å². The summed E-state index contributed by atoms with van der Waals surface area (Å²) in [5.41, 5.74) is 1.13. The fourth-order valence-corrected chi connectivity index (χ4v) is 2.92. The van der Waals surface area contributed by atoms with E-state index >= 15 is 0 Å². The van der Waals surface area contributed by atoms with Gasteiger partial charge in [-0.2, -0.15) is 0 Å². The molecule has 23 heavy (non-hydrogen) atoms. The minimum atomic E-state index is -0.806. The van der Waals surface area contributed by atoms with Crippen LogP contribution in [0, 0.1) is 0 Å². The third kappa shape index (κ3) is 2.50. The first-order chi connectivity index (χ1) is 10.9. The van der Waals surface area contributed by atoms with Gasteiger partial charge in [0.05, 0.1) is 17.2 Å². The normalized spacial score (nSPS) is 20.8. The van der Waals surface area contributed by atoms with Gasteiger partial charge >= 0.3 is 0 Å². The standard InChI is InChI=1S/C17H18N2O4/c1-9(2)23-13-6-4-5-11-14(13)17(22)19(16(11)21)12-8-7-10(3)18-15(12)20/h4-6,9,12H,3,7-8H2,1-2H3,(H,18,20)/t12-/m1/s1. The predicted molar refractivity (Wildman–Crippen MR) is 83.0 cm³/mol. The highest BCUT2D eigenvalue weighted by Crippen LogP contribution is 2.34. The fraction of sp³-hybridized carbons (Fsp3) is 0.353. The zero-order valence-corrected chi connectivity index (χ0v) is 13.1. The van der Waals surface area contributed by atoms with Crippen LogP contribution in [0.25, 0.3) is 0 Å². The SMILES string of the molecule is C=C1CC[C@@H](N2C(=O)c3cccc(OC(C)C)c3C2=O)C(=O)N1. The molecular formula is C17H18N2O4. The van der Waals surface area contributed by atoms with E-state index in [-0.39, 0.29) is 23.1 Å². The van der Waals surface area contributed by atoms with Gasteiger partial charge in [0.25, 0.3) is 11.8 Å². The summed E-state index contributed by atoms with van der Waals surface area (Å²) in [6, 6.07) is 4.12. The number of nitrogens with zero attached hydrogens (tertiary/aromatic N) is 1. The molecule has 0 spiro atoms. The number of benzene rings is 1. The molecule has 6 nitrogen and oxygen atoms in total. The van der Waals surface area contributed by atoms with E-state index in [2.05, 4.69) is 11.9 Å². The smallest absolute Gasteiger partial charge is 0.266 e. The van der Waals surface area contributed by atoms with E-state index < -0.39 is 17.9 Å². The lowest BCUT2D eigenvalue weighted by Gasteiger charge is -2.29. The minimum absolute atomic E-state index is 0.125. The number of rotatable bonds is 3. The van der Waals surface area contributed by atoms with Crippen LogP contribution >= 0.6 is 0 Å². The molecule has 1 aromatic carbocycles. The van der Waals surface area contributed by atoms with Gasteiger partial charge in [0, 0.05) is 5.70 Å². The van der Waals surface area contributed by atoms with Crippen LogP contribution in [0.3, 0.4) is 0 Å². The van der Waals surface area contributed by atoms with E-state index in [1.807, 2.05) is 13.8 Å². The maximum atomic E-state index is 12.8. The summed E-state index contributed by atoms with van der Waals surface area (Å²) in [4.78, 5) is 38.6. The van der Waals surface area contributed by atoms with Crippen LogP contribution in [-0.4, -0.2) is 34.8 Å². The second-order valence-corrected chi connectivity index (χ2v) is 5.97. The maximum Gasteiger partial charge on any atom is 0.266 e. The number of carbonyl (C=O) groups excluding carboxylic acids is 3.